The van der Waals surface area contributed by atoms with E-state index in [1.54, 1.807) is 4.68 Å². The van der Waals surface area contributed by atoms with E-state index in [-0.39, 0.29) is 5.91 Å². The van der Waals surface area contributed by atoms with Crippen LogP contribution in [0.15, 0.2) is 36.4 Å². The predicted octanol–water partition coefficient (Wildman–Crippen LogP) is 2.52. The number of nitrogens with one attached hydrogen (secondary N) is 1. The van der Waals surface area contributed by atoms with Crippen molar-refractivity contribution in [3.8, 4) is 0 Å². The number of pyridine rings is 1. The number of benzene rings is 1. The minimum Gasteiger partial charge on any atom is -0.348 e. The summed E-state index contributed by atoms with van der Waals surface area (Å²) in [6, 6.07) is 11.7. The number of hydrogen-bond donors (Lipinski definition) is 1. The lowest BCUT2D eigenvalue weighted by atomic mass is 10.1. The molecule has 3 aromatic rings. The van der Waals surface area contributed by atoms with Gasteiger partial charge >= 0.3 is 0 Å². The van der Waals surface area contributed by atoms with Crippen LogP contribution in [-0.4, -0.2) is 20.7 Å². The fourth-order valence-corrected chi connectivity index (χ4v) is 2.62. The Hall–Kier alpha value is -2.69. The van der Waals surface area contributed by atoms with E-state index >= 15 is 0 Å². The molecule has 22 heavy (non-hydrogen) atoms. The molecule has 0 aliphatic heterocycles. The molecular formula is C17H18N4O. The summed E-state index contributed by atoms with van der Waals surface area (Å²) in [5.41, 5.74) is 4.06. The Morgan fingerprint density at radius 1 is 1.23 bits per heavy atom. The van der Waals surface area contributed by atoms with E-state index in [0.717, 1.165) is 28.0 Å². The zero-order valence-electron chi connectivity index (χ0n) is 12.9. The molecule has 1 N–H and O–H groups in total. The van der Waals surface area contributed by atoms with E-state index in [1.165, 1.54) is 0 Å². The van der Waals surface area contributed by atoms with Crippen molar-refractivity contribution in [3.63, 3.8) is 0 Å². The van der Waals surface area contributed by atoms with Crippen molar-refractivity contribution in [2.24, 2.45) is 7.05 Å². The monoisotopic (exact) mass is 294 g/mol. The molecule has 0 unspecified atom stereocenters. The lowest BCUT2D eigenvalue weighted by Gasteiger charge is -2.08. The topological polar surface area (TPSA) is 59.8 Å². The SMILES string of the molecule is Cc1cc(C(=O)NCc2ccccc2)c2c(C)nn(C)c2n1. The average molecular weight is 294 g/mol. The Balaban J connectivity index is 1.94. The van der Waals surface area contributed by atoms with Gasteiger partial charge in [-0.3, -0.25) is 9.48 Å². The van der Waals surface area contributed by atoms with Crippen molar-refractivity contribution in [3.05, 3.63) is 58.9 Å². The molecule has 0 spiro atoms. The molecule has 112 valence electrons. The number of aromatic nitrogens is 3. The quantitative estimate of drug-likeness (QED) is 0.807. The molecule has 0 saturated heterocycles. The number of rotatable bonds is 3. The summed E-state index contributed by atoms with van der Waals surface area (Å²) in [5, 5.41) is 8.15. The van der Waals surface area contributed by atoms with Gasteiger partial charge in [0.1, 0.15) is 0 Å². The number of hydrogen-bond acceptors (Lipinski definition) is 3. The summed E-state index contributed by atoms with van der Waals surface area (Å²) < 4.78 is 1.71. The van der Waals surface area contributed by atoms with Crippen molar-refractivity contribution in [1.29, 1.82) is 0 Å². The van der Waals surface area contributed by atoms with Gasteiger partial charge in [0, 0.05) is 19.3 Å². The van der Waals surface area contributed by atoms with Crippen LogP contribution in [0, 0.1) is 13.8 Å². The van der Waals surface area contributed by atoms with Crippen LogP contribution in [0.25, 0.3) is 11.0 Å². The highest BCUT2D eigenvalue weighted by Gasteiger charge is 2.17. The van der Waals surface area contributed by atoms with Crippen LogP contribution in [0.4, 0.5) is 0 Å². The molecule has 0 saturated carbocycles. The van der Waals surface area contributed by atoms with Gasteiger partial charge in [0.05, 0.1) is 16.6 Å². The molecule has 0 aliphatic rings. The van der Waals surface area contributed by atoms with Crippen LogP contribution in [-0.2, 0) is 13.6 Å². The van der Waals surface area contributed by atoms with Crippen molar-refractivity contribution >= 4 is 16.9 Å². The van der Waals surface area contributed by atoms with Crippen LogP contribution in [0.5, 0.6) is 0 Å². The van der Waals surface area contributed by atoms with Gasteiger partial charge in [-0.1, -0.05) is 30.3 Å². The zero-order chi connectivity index (χ0) is 15.7. The van der Waals surface area contributed by atoms with Crippen molar-refractivity contribution in [1.82, 2.24) is 20.1 Å². The van der Waals surface area contributed by atoms with Crippen LogP contribution >= 0.6 is 0 Å². The third kappa shape index (κ3) is 2.57. The highest BCUT2D eigenvalue weighted by Crippen LogP contribution is 2.21. The first-order chi connectivity index (χ1) is 10.6. The first kappa shape index (κ1) is 14.3. The highest BCUT2D eigenvalue weighted by molar-refractivity contribution is 6.06. The van der Waals surface area contributed by atoms with E-state index < -0.39 is 0 Å². The van der Waals surface area contributed by atoms with E-state index in [9.17, 15) is 4.79 Å². The maximum atomic E-state index is 12.6. The molecule has 5 nitrogen and oxygen atoms in total. The number of fused-ring (bicyclic) bond motifs is 1. The Kier molecular flexibility index (Phi) is 3.63. The summed E-state index contributed by atoms with van der Waals surface area (Å²) in [5.74, 6) is -0.101. The lowest BCUT2D eigenvalue weighted by Crippen LogP contribution is -2.23. The summed E-state index contributed by atoms with van der Waals surface area (Å²) in [7, 11) is 1.84. The summed E-state index contributed by atoms with van der Waals surface area (Å²) in [6.45, 7) is 4.28. The van der Waals surface area contributed by atoms with Gasteiger partial charge in [-0.05, 0) is 25.5 Å². The number of amides is 1. The summed E-state index contributed by atoms with van der Waals surface area (Å²) in [4.78, 5) is 17.0. The first-order valence-corrected chi connectivity index (χ1v) is 7.19. The molecule has 0 bridgehead atoms. The van der Waals surface area contributed by atoms with Crippen molar-refractivity contribution in [2.75, 3.05) is 0 Å². The van der Waals surface area contributed by atoms with Crippen molar-refractivity contribution in [2.45, 2.75) is 20.4 Å². The number of nitrogens with zero attached hydrogens (tertiary/aromatic N) is 3. The van der Waals surface area contributed by atoms with E-state index in [2.05, 4.69) is 15.4 Å². The normalized spacial score (nSPS) is 10.9. The number of carbonyl (C=O) groups excluding carboxylic acids is 1. The van der Waals surface area contributed by atoms with Crippen LogP contribution < -0.4 is 5.32 Å². The zero-order valence-corrected chi connectivity index (χ0v) is 12.9. The highest BCUT2D eigenvalue weighted by atomic mass is 16.1. The smallest absolute Gasteiger partial charge is 0.252 e. The molecule has 0 atom stereocenters. The maximum Gasteiger partial charge on any atom is 0.252 e. The van der Waals surface area contributed by atoms with Gasteiger partial charge in [0.25, 0.3) is 5.91 Å². The second-order valence-electron chi connectivity index (χ2n) is 5.39. The second kappa shape index (κ2) is 5.60. The van der Waals surface area contributed by atoms with Gasteiger partial charge in [0.2, 0.25) is 0 Å². The van der Waals surface area contributed by atoms with Crippen LogP contribution in [0.2, 0.25) is 0 Å². The molecule has 1 aromatic carbocycles. The predicted molar refractivity (Wildman–Crippen MR) is 85.6 cm³/mol. The van der Waals surface area contributed by atoms with Crippen LogP contribution in [0.1, 0.15) is 27.3 Å². The van der Waals surface area contributed by atoms with Crippen LogP contribution in [0.3, 0.4) is 0 Å². The molecule has 0 fully saturated rings. The average Bonchev–Trinajstić information content (AvgIpc) is 2.79. The molecule has 0 aliphatic carbocycles. The second-order valence-corrected chi connectivity index (χ2v) is 5.39. The molecule has 3 rings (SSSR count). The maximum absolute atomic E-state index is 12.6. The Morgan fingerprint density at radius 3 is 2.68 bits per heavy atom. The Morgan fingerprint density at radius 2 is 1.95 bits per heavy atom. The minimum absolute atomic E-state index is 0.101. The fraction of sp³-hybridized carbons (Fsp3) is 0.235. The van der Waals surface area contributed by atoms with E-state index in [1.807, 2.05) is 57.3 Å². The third-order valence-electron chi connectivity index (χ3n) is 3.64. The van der Waals surface area contributed by atoms with Gasteiger partial charge < -0.3 is 5.32 Å². The van der Waals surface area contributed by atoms with Gasteiger partial charge in [-0.2, -0.15) is 5.10 Å². The lowest BCUT2D eigenvalue weighted by molar-refractivity contribution is 0.0952. The molecule has 2 aromatic heterocycles. The largest absolute Gasteiger partial charge is 0.348 e. The molecule has 2 heterocycles. The van der Waals surface area contributed by atoms with Gasteiger partial charge in [-0.25, -0.2) is 4.98 Å². The summed E-state index contributed by atoms with van der Waals surface area (Å²) >= 11 is 0. The minimum atomic E-state index is -0.101. The Bertz CT molecular complexity index is 837. The molecule has 1 amide bonds. The number of aryl methyl sites for hydroxylation is 3. The van der Waals surface area contributed by atoms with Gasteiger partial charge in [0.15, 0.2) is 5.65 Å². The summed E-state index contributed by atoms with van der Waals surface area (Å²) in [6.07, 6.45) is 0. The molecule has 0 radical (unpaired) electrons. The standard InChI is InChI=1S/C17H18N4O/c1-11-9-14(15-12(2)20-21(3)16(15)19-11)17(22)18-10-13-7-5-4-6-8-13/h4-9H,10H2,1-3H3,(H,18,22). The third-order valence-corrected chi connectivity index (χ3v) is 3.64. The van der Waals surface area contributed by atoms with E-state index in [4.69, 9.17) is 0 Å². The number of carbonyl (C=O) groups is 1. The van der Waals surface area contributed by atoms with E-state index in [0.29, 0.717) is 12.1 Å². The first-order valence-electron chi connectivity index (χ1n) is 7.19. The molecular weight excluding hydrogens is 276 g/mol. The molecule has 5 heteroatoms. The van der Waals surface area contributed by atoms with Crippen molar-refractivity contribution < 1.29 is 4.79 Å². The van der Waals surface area contributed by atoms with Gasteiger partial charge in [-0.15, -0.1) is 0 Å². The Labute approximate surface area is 129 Å². The fourth-order valence-electron chi connectivity index (χ4n) is 2.62.